The Morgan fingerprint density at radius 2 is 2.10 bits per heavy atom. The van der Waals surface area contributed by atoms with Crippen molar-refractivity contribution in [2.45, 2.75) is 19.3 Å². The van der Waals surface area contributed by atoms with Gasteiger partial charge in [-0.25, -0.2) is 4.98 Å². The molecule has 1 aromatic rings. The molecule has 0 unspecified atom stereocenters. The Hall–Kier alpha value is -2.39. The highest BCUT2D eigenvalue weighted by Gasteiger charge is 2.05. The molecule has 0 radical (unpaired) electrons. The molecule has 0 fully saturated rings. The molecule has 2 amide bonds. The van der Waals surface area contributed by atoms with Crippen LogP contribution in [-0.2, 0) is 4.79 Å². The van der Waals surface area contributed by atoms with Crippen LogP contribution in [0, 0.1) is 11.8 Å². The van der Waals surface area contributed by atoms with Crippen LogP contribution in [0.1, 0.15) is 35.3 Å². The number of aromatic nitrogens is 1. The third-order valence-electron chi connectivity index (χ3n) is 2.47. The van der Waals surface area contributed by atoms with Gasteiger partial charge in [-0.3, -0.25) is 9.59 Å². The van der Waals surface area contributed by atoms with Gasteiger partial charge in [0.1, 0.15) is 5.69 Å². The lowest BCUT2D eigenvalue weighted by molar-refractivity contribution is -0.118. The first-order valence-electron chi connectivity index (χ1n) is 6.35. The van der Waals surface area contributed by atoms with E-state index in [-0.39, 0.29) is 18.4 Å². The Balaban J connectivity index is 2.38. The zero-order valence-electron chi connectivity index (χ0n) is 11.2. The van der Waals surface area contributed by atoms with E-state index in [1.165, 1.54) is 6.20 Å². The summed E-state index contributed by atoms with van der Waals surface area (Å²) in [6.07, 6.45) is 3.23. The Morgan fingerprint density at radius 3 is 2.70 bits per heavy atom. The van der Waals surface area contributed by atoms with Crippen molar-refractivity contribution in [1.82, 2.24) is 10.3 Å². The van der Waals surface area contributed by atoms with E-state index < -0.39 is 0 Å². The number of nitrogens with one attached hydrogen (secondary N) is 1. The number of carbonyl (C=O) groups is 2. The molecule has 1 rings (SSSR count). The van der Waals surface area contributed by atoms with Crippen LogP contribution in [-0.4, -0.2) is 29.9 Å². The predicted octanol–water partition coefficient (Wildman–Crippen LogP) is -0.223. The highest BCUT2D eigenvalue weighted by molar-refractivity contribution is 5.92. The van der Waals surface area contributed by atoms with Crippen LogP contribution < -0.4 is 16.8 Å². The van der Waals surface area contributed by atoms with E-state index in [4.69, 9.17) is 11.5 Å². The van der Waals surface area contributed by atoms with Crippen LogP contribution in [0.4, 0.5) is 0 Å². The SMILES string of the molecule is NCC#Cc1ccc(C(=O)NCCCCC(N)=O)nc1. The van der Waals surface area contributed by atoms with Gasteiger partial charge >= 0.3 is 0 Å². The lowest BCUT2D eigenvalue weighted by Crippen LogP contribution is -2.25. The second-order valence-electron chi connectivity index (χ2n) is 4.12. The van der Waals surface area contributed by atoms with E-state index in [0.717, 1.165) is 0 Å². The van der Waals surface area contributed by atoms with Gasteiger partial charge in [0.25, 0.3) is 5.91 Å². The summed E-state index contributed by atoms with van der Waals surface area (Å²) >= 11 is 0. The van der Waals surface area contributed by atoms with E-state index in [1.54, 1.807) is 12.1 Å². The number of amides is 2. The van der Waals surface area contributed by atoms with Crippen molar-refractivity contribution in [1.29, 1.82) is 0 Å². The average Bonchev–Trinajstić information content (AvgIpc) is 2.44. The summed E-state index contributed by atoms with van der Waals surface area (Å²) < 4.78 is 0. The molecule has 0 atom stereocenters. The fraction of sp³-hybridized carbons (Fsp3) is 0.357. The number of carbonyl (C=O) groups excluding carboxylic acids is 2. The first kappa shape index (κ1) is 15.7. The summed E-state index contributed by atoms with van der Waals surface area (Å²) in [5, 5.41) is 2.73. The minimum Gasteiger partial charge on any atom is -0.370 e. The van der Waals surface area contributed by atoms with Crippen LogP contribution in [0.25, 0.3) is 0 Å². The quantitative estimate of drug-likeness (QED) is 0.491. The van der Waals surface area contributed by atoms with Gasteiger partial charge in [0, 0.05) is 24.7 Å². The lowest BCUT2D eigenvalue weighted by atomic mass is 10.2. The maximum atomic E-state index is 11.7. The number of pyridine rings is 1. The molecule has 0 aromatic carbocycles. The number of primary amides is 1. The minimum absolute atomic E-state index is 0.248. The second-order valence-corrected chi connectivity index (χ2v) is 4.12. The first-order valence-corrected chi connectivity index (χ1v) is 6.35. The van der Waals surface area contributed by atoms with Crippen molar-refractivity contribution >= 4 is 11.8 Å². The second kappa shape index (κ2) is 8.67. The van der Waals surface area contributed by atoms with Gasteiger partial charge in [0.05, 0.1) is 6.54 Å². The zero-order chi connectivity index (χ0) is 14.8. The smallest absolute Gasteiger partial charge is 0.269 e. The Morgan fingerprint density at radius 1 is 1.30 bits per heavy atom. The molecule has 1 heterocycles. The Kier molecular flexibility index (Phi) is 6.79. The molecule has 0 aliphatic heterocycles. The zero-order valence-corrected chi connectivity index (χ0v) is 11.2. The number of hydrogen-bond acceptors (Lipinski definition) is 4. The minimum atomic E-state index is -0.327. The standard InChI is InChI=1S/C14H18N4O2/c15-8-3-4-11-6-7-12(18-10-11)14(20)17-9-2-1-5-13(16)19/h6-7,10H,1-2,5,8-9,15H2,(H2,16,19)(H,17,20). The number of rotatable bonds is 6. The maximum absolute atomic E-state index is 11.7. The molecular weight excluding hydrogens is 256 g/mol. The molecule has 6 heteroatoms. The van der Waals surface area contributed by atoms with Gasteiger partial charge < -0.3 is 16.8 Å². The monoisotopic (exact) mass is 274 g/mol. The normalized spacial score (nSPS) is 9.45. The third-order valence-corrected chi connectivity index (χ3v) is 2.47. The van der Waals surface area contributed by atoms with E-state index in [9.17, 15) is 9.59 Å². The van der Waals surface area contributed by atoms with Crippen molar-refractivity contribution in [3.8, 4) is 11.8 Å². The van der Waals surface area contributed by atoms with Crippen molar-refractivity contribution in [2.75, 3.05) is 13.1 Å². The largest absolute Gasteiger partial charge is 0.370 e. The van der Waals surface area contributed by atoms with Crippen molar-refractivity contribution < 1.29 is 9.59 Å². The van der Waals surface area contributed by atoms with Crippen LogP contribution in [0.3, 0.4) is 0 Å². The Labute approximate surface area is 117 Å². The predicted molar refractivity (Wildman–Crippen MR) is 75.5 cm³/mol. The molecule has 106 valence electrons. The van der Waals surface area contributed by atoms with Gasteiger partial charge in [-0.15, -0.1) is 0 Å². The summed E-state index contributed by atoms with van der Waals surface area (Å²) in [6, 6.07) is 3.33. The molecule has 0 saturated carbocycles. The highest BCUT2D eigenvalue weighted by Crippen LogP contribution is 1.99. The lowest BCUT2D eigenvalue weighted by Gasteiger charge is -2.04. The molecule has 0 spiro atoms. The molecule has 20 heavy (non-hydrogen) atoms. The molecule has 1 aromatic heterocycles. The van der Waals surface area contributed by atoms with Gasteiger partial charge in [-0.2, -0.15) is 0 Å². The molecule has 0 bridgehead atoms. The van der Waals surface area contributed by atoms with Crippen LogP contribution in [0.5, 0.6) is 0 Å². The molecule has 0 aliphatic rings. The fourth-order valence-electron chi connectivity index (χ4n) is 1.47. The molecule has 5 N–H and O–H groups in total. The summed E-state index contributed by atoms with van der Waals surface area (Å²) in [5.41, 5.74) is 11.3. The maximum Gasteiger partial charge on any atom is 0.269 e. The van der Waals surface area contributed by atoms with Crippen molar-refractivity contribution in [3.05, 3.63) is 29.6 Å². The van der Waals surface area contributed by atoms with E-state index in [0.29, 0.717) is 37.1 Å². The summed E-state index contributed by atoms with van der Waals surface area (Å²) in [6.45, 7) is 0.774. The van der Waals surface area contributed by atoms with E-state index in [2.05, 4.69) is 22.1 Å². The Bertz CT molecular complexity index is 514. The third kappa shape index (κ3) is 5.98. The number of nitrogens with zero attached hydrogens (tertiary/aromatic N) is 1. The topological polar surface area (TPSA) is 111 Å². The van der Waals surface area contributed by atoms with E-state index >= 15 is 0 Å². The first-order chi connectivity index (χ1) is 9.63. The van der Waals surface area contributed by atoms with Gasteiger partial charge in [-0.1, -0.05) is 11.8 Å². The summed E-state index contributed by atoms with van der Waals surface area (Å²) in [7, 11) is 0. The van der Waals surface area contributed by atoms with Crippen LogP contribution in [0.2, 0.25) is 0 Å². The van der Waals surface area contributed by atoms with Gasteiger partial charge in [0.15, 0.2) is 0 Å². The molecular formula is C14H18N4O2. The van der Waals surface area contributed by atoms with Crippen LogP contribution in [0.15, 0.2) is 18.3 Å². The summed E-state index contributed by atoms with van der Waals surface area (Å²) in [4.78, 5) is 26.3. The molecule has 6 nitrogen and oxygen atoms in total. The summed E-state index contributed by atoms with van der Waals surface area (Å²) in [5.74, 6) is 4.96. The fourth-order valence-corrected chi connectivity index (χ4v) is 1.47. The highest BCUT2D eigenvalue weighted by atomic mass is 16.2. The average molecular weight is 274 g/mol. The molecule has 0 saturated heterocycles. The molecule has 0 aliphatic carbocycles. The number of hydrogen-bond donors (Lipinski definition) is 3. The van der Waals surface area contributed by atoms with Gasteiger partial charge in [0.2, 0.25) is 5.91 Å². The van der Waals surface area contributed by atoms with Crippen LogP contribution >= 0.6 is 0 Å². The van der Waals surface area contributed by atoms with Gasteiger partial charge in [-0.05, 0) is 25.0 Å². The number of unbranched alkanes of at least 4 members (excludes halogenated alkanes) is 1. The van der Waals surface area contributed by atoms with Crippen molar-refractivity contribution in [2.24, 2.45) is 11.5 Å². The van der Waals surface area contributed by atoms with E-state index in [1.807, 2.05) is 0 Å². The van der Waals surface area contributed by atoms with Crippen molar-refractivity contribution in [3.63, 3.8) is 0 Å². The number of nitrogens with two attached hydrogens (primary N) is 2.